The van der Waals surface area contributed by atoms with E-state index in [1.807, 2.05) is 54.6 Å². The van der Waals surface area contributed by atoms with E-state index in [-0.39, 0.29) is 12.0 Å². The predicted molar refractivity (Wildman–Crippen MR) is 142 cm³/mol. The van der Waals surface area contributed by atoms with Crippen LogP contribution in [0.4, 0.5) is 0 Å². The first-order valence-corrected chi connectivity index (χ1v) is 13.0. The molecule has 6 heteroatoms. The van der Waals surface area contributed by atoms with Crippen molar-refractivity contribution in [2.45, 2.75) is 25.0 Å². The van der Waals surface area contributed by atoms with Gasteiger partial charge in [0.05, 0.1) is 19.8 Å². The maximum absolute atomic E-state index is 13.1. The van der Waals surface area contributed by atoms with Gasteiger partial charge in [-0.3, -0.25) is 9.69 Å². The molecule has 0 radical (unpaired) electrons. The average Bonchev–Trinajstić information content (AvgIpc) is 3.73. The SMILES string of the molecule is COc1cccc(COC(CN2CCN(C(=O)C3C[C@H]3c3ccccc3)CC2)c2ccc(Cl)cc2)c1. The molecule has 0 bridgehead atoms. The molecule has 1 saturated carbocycles. The molecule has 1 heterocycles. The molecule has 2 fully saturated rings. The van der Waals surface area contributed by atoms with Gasteiger partial charge in [-0.1, -0.05) is 66.2 Å². The van der Waals surface area contributed by atoms with E-state index in [1.54, 1.807) is 7.11 Å². The fourth-order valence-electron chi connectivity index (χ4n) is 5.05. The van der Waals surface area contributed by atoms with Gasteiger partial charge in [0.1, 0.15) is 5.75 Å². The largest absolute Gasteiger partial charge is 0.497 e. The molecule has 5 nitrogen and oxygen atoms in total. The Balaban J connectivity index is 1.17. The molecule has 1 aliphatic carbocycles. The van der Waals surface area contributed by atoms with Crippen molar-refractivity contribution in [1.29, 1.82) is 0 Å². The molecule has 0 aromatic heterocycles. The molecule has 0 spiro atoms. The quantitative estimate of drug-likeness (QED) is 0.383. The van der Waals surface area contributed by atoms with Crippen molar-refractivity contribution in [3.8, 4) is 5.75 Å². The van der Waals surface area contributed by atoms with Gasteiger partial charge in [-0.05, 0) is 53.3 Å². The van der Waals surface area contributed by atoms with Crippen LogP contribution in [-0.4, -0.2) is 55.5 Å². The van der Waals surface area contributed by atoms with Crippen LogP contribution in [0.3, 0.4) is 0 Å². The van der Waals surface area contributed by atoms with Crippen molar-refractivity contribution in [3.05, 3.63) is 101 Å². The second-order valence-corrected chi connectivity index (χ2v) is 10.1. The van der Waals surface area contributed by atoms with Gasteiger partial charge < -0.3 is 14.4 Å². The third-order valence-corrected chi connectivity index (χ3v) is 7.52. The lowest BCUT2D eigenvalue weighted by molar-refractivity contribution is -0.134. The number of benzene rings is 3. The van der Waals surface area contributed by atoms with E-state index in [9.17, 15) is 4.79 Å². The molecule has 2 aliphatic rings. The third kappa shape index (κ3) is 6.09. The number of halogens is 1. The summed E-state index contributed by atoms with van der Waals surface area (Å²) in [7, 11) is 1.67. The number of hydrogen-bond acceptors (Lipinski definition) is 4. The summed E-state index contributed by atoms with van der Waals surface area (Å²) in [5, 5.41) is 0.714. The van der Waals surface area contributed by atoms with Crippen LogP contribution in [0.5, 0.6) is 5.75 Å². The number of carbonyl (C=O) groups is 1. The molecule has 3 atom stereocenters. The molecule has 0 N–H and O–H groups in total. The smallest absolute Gasteiger partial charge is 0.226 e. The minimum atomic E-state index is -0.0957. The molecule has 1 saturated heterocycles. The van der Waals surface area contributed by atoms with Gasteiger partial charge in [0.25, 0.3) is 0 Å². The standard InChI is InChI=1S/C30H33ClN2O3/c1-35-26-9-5-6-22(18-26)21-36-29(24-10-12-25(31)13-11-24)20-32-14-16-33(17-15-32)30(34)28-19-27(28)23-7-3-2-4-8-23/h2-13,18,27-29H,14-17,19-21H2,1H3/t27-,28?,29?/m0/s1. The number of ether oxygens (including phenoxy) is 2. The first kappa shape index (κ1) is 24.8. The van der Waals surface area contributed by atoms with Crippen LogP contribution >= 0.6 is 11.6 Å². The van der Waals surface area contributed by atoms with Crippen molar-refractivity contribution in [2.24, 2.45) is 5.92 Å². The lowest BCUT2D eigenvalue weighted by Gasteiger charge is -2.36. The fourth-order valence-corrected chi connectivity index (χ4v) is 5.17. The molecule has 2 unspecified atom stereocenters. The Hall–Kier alpha value is -2.86. The van der Waals surface area contributed by atoms with E-state index >= 15 is 0 Å². The summed E-state index contributed by atoms with van der Waals surface area (Å²) in [5.41, 5.74) is 3.46. The van der Waals surface area contributed by atoms with Crippen molar-refractivity contribution in [1.82, 2.24) is 9.80 Å². The molecule has 3 aromatic rings. The van der Waals surface area contributed by atoms with Gasteiger partial charge in [-0.25, -0.2) is 0 Å². The van der Waals surface area contributed by atoms with E-state index in [0.717, 1.165) is 56.0 Å². The Morgan fingerprint density at radius 3 is 2.44 bits per heavy atom. The summed E-state index contributed by atoms with van der Waals surface area (Å²) in [6.45, 7) is 4.48. The van der Waals surface area contributed by atoms with Crippen molar-refractivity contribution in [3.63, 3.8) is 0 Å². The second kappa shape index (κ2) is 11.5. The maximum atomic E-state index is 13.1. The van der Waals surface area contributed by atoms with E-state index in [4.69, 9.17) is 21.1 Å². The van der Waals surface area contributed by atoms with Crippen LogP contribution in [0, 0.1) is 5.92 Å². The predicted octanol–water partition coefficient (Wildman–Crippen LogP) is 5.55. The second-order valence-electron chi connectivity index (χ2n) is 9.69. The Kier molecular flexibility index (Phi) is 7.90. The number of piperazine rings is 1. The number of rotatable bonds is 9. The van der Waals surface area contributed by atoms with E-state index in [1.165, 1.54) is 5.56 Å². The molecule has 36 heavy (non-hydrogen) atoms. The van der Waals surface area contributed by atoms with E-state index < -0.39 is 0 Å². The molecule has 188 valence electrons. The lowest BCUT2D eigenvalue weighted by atomic mass is 10.1. The third-order valence-electron chi connectivity index (χ3n) is 7.27. The number of carbonyl (C=O) groups excluding carboxylic acids is 1. The highest BCUT2D eigenvalue weighted by atomic mass is 35.5. The van der Waals surface area contributed by atoms with Gasteiger partial charge in [-0.2, -0.15) is 0 Å². The summed E-state index contributed by atoms with van der Waals surface area (Å²) < 4.78 is 11.8. The van der Waals surface area contributed by atoms with Crippen molar-refractivity contribution in [2.75, 3.05) is 39.8 Å². The van der Waals surface area contributed by atoms with Gasteiger partial charge in [0.15, 0.2) is 0 Å². The van der Waals surface area contributed by atoms with Crippen LogP contribution < -0.4 is 4.74 Å². The summed E-state index contributed by atoms with van der Waals surface area (Å²) in [4.78, 5) is 17.6. The highest BCUT2D eigenvalue weighted by Crippen LogP contribution is 2.48. The summed E-state index contributed by atoms with van der Waals surface area (Å²) >= 11 is 6.14. The summed E-state index contributed by atoms with van der Waals surface area (Å²) in [6, 6.07) is 26.3. The Bertz CT molecular complexity index is 1150. The molecular weight excluding hydrogens is 472 g/mol. The number of nitrogens with zero attached hydrogens (tertiary/aromatic N) is 2. The first-order valence-electron chi connectivity index (χ1n) is 12.7. The Labute approximate surface area is 218 Å². The minimum Gasteiger partial charge on any atom is -0.497 e. The van der Waals surface area contributed by atoms with Gasteiger partial charge >= 0.3 is 0 Å². The zero-order valence-electron chi connectivity index (χ0n) is 20.7. The topological polar surface area (TPSA) is 42.0 Å². The zero-order valence-corrected chi connectivity index (χ0v) is 21.4. The van der Waals surface area contributed by atoms with Crippen LogP contribution in [0.15, 0.2) is 78.9 Å². The van der Waals surface area contributed by atoms with Gasteiger partial charge in [0, 0.05) is 43.7 Å². The highest BCUT2D eigenvalue weighted by molar-refractivity contribution is 6.30. The highest BCUT2D eigenvalue weighted by Gasteiger charge is 2.46. The zero-order chi connectivity index (χ0) is 24.9. The monoisotopic (exact) mass is 504 g/mol. The number of hydrogen-bond donors (Lipinski definition) is 0. The molecule has 1 amide bonds. The lowest BCUT2D eigenvalue weighted by Crippen LogP contribution is -2.50. The van der Waals surface area contributed by atoms with E-state index in [2.05, 4.69) is 34.1 Å². The first-order chi connectivity index (χ1) is 17.6. The Morgan fingerprint density at radius 2 is 1.72 bits per heavy atom. The fraction of sp³-hybridized carbons (Fsp3) is 0.367. The van der Waals surface area contributed by atoms with Crippen LogP contribution in [0.2, 0.25) is 5.02 Å². The summed E-state index contributed by atoms with van der Waals surface area (Å²) in [6.07, 6.45) is 0.876. The van der Waals surface area contributed by atoms with Crippen LogP contribution in [0.1, 0.15) is 35.1 Å². The van der Waals surface area contributed by atoms with Crippen molar-refractivity contribution >= 4 is 17.5 Å². The molecule has 3 aromatic carbocycles. The van der Waals surface area contributed by atoms with Crippen LogP contribution in [0.25, 0.3) is 0 Å². The average molecular weight is 505 g/mol. The van der Waals surface area contributed by atoms with Crippen LogP contribution in [-0.2, 0) is 16.1 Å². The number of amides is 1. The van der Waals surface area contributed by atoms with E-state index in [0.29, 0.717) is 23.5 Å². The molecule has 5 rings (SSSR count). The minimum absolute atomic E-state index is 0.0957. The van der Waals surface area contributed by atoms with Gasteiger partial charge in [0.2, 0.25) is 5.91 Å². The number of methoxy groups -OCH3 is 1. The normalized spacial score (nSPS) is 20.7. The Morgan fingerprint density at radius 1 is 0.972 bits per heavy atom. The summed E-state index contributed by atoms with van der Waals surface area (Å²) in [5.74, 6) is 1.67. The maximum Gasteiger partial charge on any atom is 0.226 e. The molecular formula is C30H33ClN2O3. The van der Waals surface area contributed by atoms with Gasteiger partial charge in [-0.15, -0.1) is 0 Å². The van der Waals surface area contributed by atoms with Crippen molar-refractivity contribution < 1.29 is 14.3 Å². The molecule has 1 aliphatic heterocycles.